The van der Waals surface area contributed by atoms with Crippen LogP contribution in [0.5, 0.6) is 0 Å². The van der Waals surface area contributed by atoms with Gasteiger partial charge in [-0.15, -0.1) is 0 Å². The Kier molecular flexibility index (Phi) is 3.43. The molecule has 1 aromatic carbocycles. The molecule has 0 saturated carbocycles. The zero-order valence-corrected chi connectivity index (χ0v) is 7.75. The van der Waals surface area contributed by atoms with Gasteiger partial charge in [-0.2, -0.15) is 5.26 Å². The summed E-state index contributed by atoms with van der Waals surface area (Å²) in [5, 5.41) is 8.54. The summed E-state index contributed by atoms with van der Waals surface area (Å²) >= 11 is 0. The number of carbonyl (C=O) groups excluding carboxylic acids is 1. The third-order valence-corrected chi connectivity index (χ3v) is 1.60. The van der Waals surface area contributed by atoms with Gasteiger partial charge in [0.15, 0.2) is 5.82 Å². The van der Waals surface area contributed by atoms with Gasteiger partial charge in [0.2, 0.25) is 5.91 Å². The number of hydrogen-bond acceptors (Lipinski definition) is 2. The number of amides is 1. The molecule has 0 aromatic heterocycles. The third kappa shape index (κ3) is 2.82. The predicted octanol–water partition coefficient (Wildman–Crippen LogP) is 0.924. The third-order valence-electron chi connectivity index (χ3n) is 1.60. The van der Waals surface area contributed by atoms with E-state index in [-0.39, 0.29) is 17.5 Å². The molecule has 0 aliphatic rings. The number of nitrogens with zero attached hydrogens (tertiary/aromatic N) is 1. The minimum atomic E-state index is -0.669. The van der Waals surface area contributed by atoms with E-state index in [0.29, 0.717) is 0 Å². The van der Waals surface area contributed by atoms with E-state index in [1.54, 1.807) is 6.07 Å². The van der Waals surface area contributed by atoms with Crippen LogP contribution in [0.2, 0.25) is 0 Å². The maximum Gasteiger partial charge on any atom is 0.229 e. The van der Waals surface area contributed by atoms with E-state index >= 15 is 0 Å². The fourth-order valence-electron chi connectivity index (χ4n) is 0.941. The Hall–Kier alpha value is -2.33. The SMILES string of the molecule is N#Cc1cccc(C#CCC(N)=O)c1F. The van der Waals surface area contributed by atoms with Crippen LogP contribution in [0, 0.1) is 29.0 Å². The van der Waals surface area contributed by atoms with E-state index in [4.69, 9.17) is 11.0 Å². The molecular weight excluding hydrogens is 195 g/mol. The minimum absolute atomic E-state index is 0.0686. The van der Waals surface area contributed by atoms with Crippen LogP contribution in [0.4, 0.5) is 4.39 Å². The monoisotopic (exact) mass is 202 g/mol. The molecule has 3 nitrogen and oxygen atoms in total. The summed E-state index contributed by atoms with van der Waals surface area (Å²) in [6.45, 7) is 0. The van der Waals surface area contributed by atoms with Gasteiger partial charge in [0.1, 0.15) is 6.07 Å². The zero-order valence-electron chi connectivity index (χ0n) is 7.75. The van der Waals surface area contributed by atoms with Crippen LogP contribution >= 0.6 is 0 Å². The first kappa shape index (κ1) is 10.7. The molecule has 1 aromatic rings. The lowest BCUT2D eigenvalue weighted by atomic mass is 10.1. The van der Waals surface area contributed by atoms with Crippen LogP contribution in [-0.4, -0.2) is 5.91 Å². The average Bonchev–Trinajstić information content (AvgIpc) is 2.20. The van der Waals surface area contributed by atoms with Crippen LogP contribution in [0.3, 0.4) is 0 Å². The van der Waals surface area contributed by atoms with Crippen LogP contribution < -0.4 is 5.73 Å². The molecule has 2 N–H and O–H groups in total. The maximum absolute atomic E-state index is 13.4. The number of hydrogen-bond donors (Lipinski definition) is 1. The molecule has 15 heavy (non-hydrogen) atoms. The van der Waals surface area contributed by atoms with Gasteiger partial charge in [0.25, 0.3) is 0 Å². The highest BCUT2D eigenvalue weighted by Gasteiger charge is 2.04. The van der Waals surface area contributed by atoms with Gasteiger partial charge >= 0.3 is 0 Å². The van der Waals surface area contributed by atoms with Gasteiger partial charge < -0.3 is 5.73 Å². The van der Waals surface area contributed by atoms with Gasteiger partial charge in [-0.05, 0) is 12.1 Å². The second kappa shape index (κ2) is 4.78. The van der Waals surface area contributed by atoms with Crippen molar-refractivity contribution in [3.8, 4) is 17.9 Å². The number of benzene rings is 1. The standard InChI is InChI=1S/C11H7FN2O/c12-11-8(4-2-6-10(14)15)3-1-5-9(11)7-13/h1,3,5H,6H2,(H2,14,15). The first-order valence-corrected chi connectivity index (χ1v) is 4.11. The van der Waals surface area contributed by atoms with Gasteiger partial charge in [-0.3, -0.25) is 4.79 Å². The summed E-state index contributed by atoms with van der Waals surface area (Å²) in [4.78, 5) is 10.4. The van der Waals surface area contributed by atoms with Crippen molar-refractivity contribution in [3.63, 3.8) is 0 Å². The molecule has 0 bridgehead atoms. The molecule has 0 fully saturated rings. The van der Waals surface area contributed by atoms with E-state index in [9.17, 15) is 9.18 Å². The summed E-state index contributed by atoms with van der Waals surface area (Å²) in [7, 11) is 0. The number of halogens is 1. The van der Waals surface area contributed by atoms with Crippen LogP contribution in [0.15, 0.2) is 18.2 Å². The van der Waals surface area contributed by atoms with Gasteiger partial charge in [-0.25, -0.2) is 4.39 Å². The summed E-state index contributed by atoms with van der Waals surface area (Å²) < 4.78 is 13.4. The Labute approximate surface area is 86.3 Å². The van der Waals surface area contributed by atoms with Crippen molar-refractivity contribution in [2.75, 3.05) is 0 Å². The van der Waals surface area contributed by atoms with Crippen molar-refractivity contribution in [1.29, 1.82) is 5.26 Å². The summed E-state index contributed by atoms with van der Waals surface area (Å²) in [5.41, 5.74) is 4.89. The molecule has 4 heteroatoms. The molecule has 0 aliphatic heterocycles. The second-order valence-electron chi connectivity index (χ2n) is 2.72. The predicted molar refractivity (Wildman–Crippen MR) is 51.8 cm³/mol. The normalized spacial score (nSPS) is 8.53. The topological polar surface area (TPSA) is 66.9 Å². The van der Waals surface area contributed by atoms with Crippen molar-refractivity contribution in [3.05, 3.63) is 35.1 Å². The van der Waals surface area contributed by atoms with Crippen molar-refractivity contribution in [2.24, 2.45) is 5.73 Å². The Morgan fingerprint density at radius 1 is 1.47 bits per heavy atom. The molecule has 0 atom stereocenters. The molecule has 0 spiro atoms. The molecule has 1 amide bonds. The van der Waals surface area contributed by atoms with E-state index in [2.05, 4.69) is 11.8 Å². The average molecular weight is 202 g/mol. The molecule has 0 aliphatic carbocycles. The highest BCUT2D eigenvalue weighted by atomic mass is 19.1. The lowest BCUT2D eigenvalue weighted by molar-refractivity contribution is -0.117. The highest BCUT2D eigenvalue weighted by molar-refractivity contribution is 5.76. The van der Waals surface area contributed by atoms with E-state index in [1.807, 2.05) is 0 Å². The fourth-order valence-corrected chi connectivity index (χ4v) is 0.941. The fraction of sp³-hybridized carbons (Fsp3) is 0.0909. The largest absolute Gasteiger partial charge is 0.369 e. The molecule has 0 unspecified atom stereocenters. The van der Waals surface area contributed by atoms with E-state index < -0.39 is 11.7 Å². The van der Waals surface area contributed by atoms with Crippen LogP contribution in [-0.2, 0) is 4.79 Å². The highest BCUT2D eigenvalue weighted by Crippen LogP contribution is 2.10. The van der Waals surface area contributed by atoms with Crippen molar-refractivity contribution >= 4 is 5.91 Å². The first-order valence-electron chi connectivity index (χ1n) is 4.11. The van der Waals surface area contributed by atoms with Gasteiger partial charge in [0.05, 0.1) is 17.5 Å². The van der Waals surface area contributed by atoms with Crippen molar-refractivity contribution < 1.29 is 9.18 Å². The quantitative estimate of drug-likeness (QED) is 0.688. The minimum Gasteiger partial charge on any atom is -0.369 e. The maximum atomic E-state index is 13.4. The number of nitriles is 1. The lowest BCUT2D eigenvalue weighted by Gasteiger charge is -1.95. The second-order valence-corrected chi connectivity index (χ2v) is 2.72. The van der Waals surface area contributed by atoms with Crippen LogP contribution in [0.1, 0.15) is 17.5 Å². The molecule has 0 heterocycles. The Morgan fingerprint density at radius 3 is 2.73 bits per heavy atom. The molecular formula is C11H7FN2O. The summed E-state index contributed by atoms with van der Waals surface area (Å²) in [6.07, 6.45) is -0.129. The number of carbonyl (C=O) groups is 1. The Bertz CT molecular complexity index is 492. The van der Waals surface area contributed by atoms with E-state index in [1.165, 1.54) is 18.2 Å². The van der Waals surface area contributed by atoms with Crippen molar-refractivity contribution in [2.45, 2.75) is 6.42 Å². The van der Waals surface area contributed by atoms with E-state index in [0.717, 1.165) is 0 Å². The smallest absolute Gasteiger partial charge is 0.229 e. The molecule has 74 valence electrons. The zero-order chi connectivity index (χ0) is 11.3. The molecule has 0 saturated heterocycles. The number of primary amides is 1. The van der Waals surface area contributed by atoms with Gasteiger partial charge in [0, 0.05) is 0 Å². The number of rotatable bonds is 1. The Morgan fingerprint density at radius 2 is 2.13 bits per heavy atom. The number of nitrogens with two attached hydrogens (primary N) is 1. The first-order chi connectivity index (χ1) is 7.15. The molecule has 0 radical (unpaired) electrons. The van der Waals surface area contributed by atoms with Crippen molar-refractivity contribution in [1.82, 2.24) is 0 Å². The molecule has 1 rings (SSSR count). The lowest BCUT2D eigenvalue weighted by Crippen LogP contribution is -2.08. The Balaban J connectivity index is 3.00. The summed E-state index contributed by atoms with van der Waals surface area (Å²) in [5.74, 6) is 3.62. The van der Waals surface area contributed by atoms with Crippen LogP contribution in [0.25, 0.3) is 0 Å². The summed E-state index contributed by atoms with van der Waals surface area (Å²) in [6, 6.07) is 6.01. The van der Waals surface area contributed by atoms with Gasteiger partial charge in [-0.1, -0.05) is 17.9 Å².